The summed E-state index contributed by atoms with van der Waals surface area (Å²) in [6.07, 6.45) is 0.338. The molecule has 0 saturated carbocycles. The molecule has 0 atom stereocenters. The zero-order valence-corrected chi connectivity index (χ0v) is 14.4. The maximum absolute atomic E-state index is 12.1. The number of pyridine rings is 1. The van der Waals surface area contributed by atoms with Gasteiger partial charge in [-0.05, 0) is 43.5 Å². The summed E-state index contributed by atoms with van der Waals surface area (Å²) in [4.78, 5) is 15.0. The Kier molecular flexibility index (Phi) is 5.56. The highest BCUT2D eigenvalue weighted by molar-refractivity contribution is 7.89. The van der Waals surface area contributed by atoms with Gasteiger partial charge in [0.2, 0.25) is 10.0 Å². The molecule has 0 radical (unpaired) electrons. The molecule has 0 aliphatic rings. The van der Waals surface area contributed by atoms with E-state index < -0.39 is 10.0 Å². The number of sulfonamides is 1. The molecule has 0 bridgehead atoms. The molecule has 2 rings (SSSR count). The third-order valence-electron chi connectivity index (χ3n) is 3.66. The maximum Gasteiger partial charge on any atom is 0.251 e. The van der Waals surface area contributed by atoms with E-state index >= 15 is 0 Å². The van der Waals surface area contributed by atoms with Gasteiger partial charge in [0.1, 0.15) is 0 Å². The molecule has 2 aromatic rings. The lowest BCUT2D eigenvalue weighted by Crippen LogP contribution is -2.31. The summed E-state index contributed by atoms with van der Waals surface area (Å²) in [5, 5.41) is 0.979. The van der Waals surface area contributed by atoms with Crippen molar-refractivity contribution >= 4 is 20.9 Å². The van der Waals surface area contributed by atoms with Crippen molar-refractivity contribution in [2.45, 2.75) is 20.3 Å². The Morgan fingerprint density at radius 2 is 1.96 bits per heavy atom. The Morgan fingerprint density at radius 1 is 1.22 bits per heavy atom. The van der Waals surface area contributed by atoms with E-state index in [0.29, 0.717) is 12.0 Å². The van der Waals surface area contributed by atoms with E-state index in [1.807, 2.05) is 26.0 Å². The van der Waals surface area contributed by atoms with Crippen molar-refractivity contribution in [2.24, 2.45) is 0 Å². The zero-order chi connectivity index (χ0) is 17.0. The molecule has 1 aromatic heterocycles. The quantitative estimate of drug-likeness (QED) is 0.795. The molecule has 7 heteroatoms. The van der Waals surface area contributed by atoms with E-state index in [4.69, 9.17) is 4.74 Å². The number of hydrogen-bond acceptors (Lipinski definition) is 4. The molecule has 0 aliphatic heterocycles. The normalized spacial score (nSPS) is 12.0. The topological polar surface area (TPSA) is 88.3 Å². The van der Waals surface area contributed by atoms with E-state index in [0.717, 1.165) is 22.0 Å². The second-order valence-corrected chi connectivity index (χ2v) is 7.55. The number of benzene rings is 1. The summed E-state index contributed by atoms with van der Waals surface area (Å²) in [7, 11) is -1.92. The van der Waals surface area contributed by atoms with Crippen LogP contribution in [0.15, 0.2) is 23.0 Å². The van der Waals surface area contributed by atoms with E-state index in [2.05, 4.69) is 15.8 Å². The van der Waals surface area contributed by atoms with Gasteiger partial charge in [-0.3, -0.25) is 4.79 Å². The molecule has 0 spiro atoms. The van der Waals surface area contributed by atoms with Gasteiger partial charge in [0.15, 0.2) is 0 Å². The van der Waals surface area contributed by atoms with Gasteiger partial charge in [-0.1, -0.05) is 6.07 Å². The predicted molar refractivity (Wildman–Crippen MR) is 91.4 cm³/mol. The third-order valence-corrected chi connectivity index (χ3v) is 5.01. The molecule has 1 aromatic carbocycles. The van der Waals surface area contributed by atoms with Crippen LogP contribution in [-0.2, 0) is 21.2 Å². The molecule has 6 nitrogen and oxygen atoms in total. The zero-order valence-electron chi connectivity index (χ0n) is 13.6. The number of hydrogen-bond donors (Lipinski definition) is 2. The van der Waals surface area contributed by atoms with E-state index in [9.17, 15) is 13.2 Å². The molecule has 23 heavy (non-hydrogen) atoms. The first kappa shape index (κ1) is 17.7. The summed E-state index contributed by atoms with van der Waals surface area (Å²) in [6.45, 7) is 4.30. The van der Waals surface area contributed by atoms with Crippen LogP contribution < -0.4 is 10.3 Å². The minimum atomic E-state index is -3.37. The number of aromatic nitrogens is 1. The molecule has 0 aliphatic carbocycles. The highest BCUT2D eigenvalue weighted by atomic mass is 32.2. The van der Waals surface area contributed by atoms with Crippen molar-refractivity contribution in [3.63, 3.8) is 0 Å². The standard InChI is InChI=1S/C16H22N2O4S/c1-11-8-12(2)14-10-13(16(19)18-15(14)9-11)4-5-17-23(20,21)7-6-22-3/h8-10,17H,4-7H2,1-3H3,(H,18,19). The Labute approximate surface area is 135 Å². The smallest absolute Gasteiger partial charge is 0.251 e. The average Bonchev–Trinajstić information content (AvgIpc) is 2.46. The van der Waals surface area contributed by atoms with Crippen molar-refractivity contribution < 1.29 is 13.2 Å². The van der Waals surface area contributed by atoms with Crippen LogP contribution >= 0.6 is 0 Å². The lowest BCUT2D eigenvalue weighted by atomic mass is 10.0. The van der Waals surface area contributed by atoms with Crippen molar-refractivity contribution in [2.75, 3.05) is 26.0 Å². The van der Waals surface area contributed by atoms with Crippen LogP contribution in [0.3, 0.4) is 0 Å². The van der Waals surface area contributed by atoms with Crippen LogP contribution in [0, 0.1) is 13.8 Å². The number of aryl methyl sites for hydroxylation is 2. The summed E-state index contributed by atoms with van der Waals surface area (Å²) >= 11 is 0. The Hall–Kier alpha value is -1.70. The van der Waals surface area contributed by atoms with Gasteiger partial charge in [-0.2, -0.15) is 0 Å². The molecule has 1 heterocycles. The van der Waals surface area contributed by atoms with Crippen LogP contribution in [0.25, 0.3) is 10.9 Å². The average molecular weight is 338 g/mol. The number of ether oxygens (including phenoxy) is 1. The Bertz CT molecular complexity index is 856. The molecule has 0 saturated heterocycles. The highest BCUT2D eigenvalue weighted by Crippen LogP contribution is 2.18. The Balaban J connectivity index is 2.15. The number of rotatable bonds is 7. The van der Waals surface area contributed by atoms with Crippen LogP contribution in [0.2, 0.25) is 0 Å². The predicted octanol–water partition coefficient (Wildman–Crippen LogP) is 1.25. The second-order valence-electron chi connectivity index (χ2n) is 5.62. The summed E-state index contributed by atoms with van der Waals surface area (Å²) in [5.74, 6) is -0.0873. The Morgan fingerprint density at radius 3 is 2.65 bits per heavy atom. The molecule has 0 amide bonds. The lowest BCUT2D eigenvalue weighted by molar-refractivity contribution is 0.217. The monoisotopic (exact) mass is 338 g/mol. The van der Waals surface area contributed by atoms with Crippen LogP contribution in [0.4, 0.5) is 0 Å². The van der Waals surface area contributed by atoms with Gasteiger partial charge < -0.3 is 9.72 Å². The van der Waals surface area contributed by atoms with Crippen molar-refractivity contribution in [3.8, 4) is 0 Å². The summed E-state index contributed by atoms with van der Waals surface area (Å²) < 4.78 is 30.6. The van der Waals surface area contributed by atoms with Crippen molar-refractivity contribution in [1.29, 1.82) is 0 Å². The van der Waals surface area contributed by atoms with Crippen molar-refractivity contribution in [1.82, 2.24) is 9.71 Å². The minimum Gasteiger partial charge on any atom is -0.384 e. The third kappa shape index (κ3) is 4.63. The molecule has 0 unspecified atom stereocenters. The molecule has 126 valence electrons. The first-order valence-electron chi connectivity index (χ1n) is 7.42. The largest absolute Gasteiger partial charge is 0.384 e. The first-order valence-corrected chi connectivity index (χ1v) is 9.07. The number of H-pyrrole nitrogens is 1. The van der Waals surface area contributed by atoms with Crippen LogP contribution in [-0.4, -0.2) is 39.4 Å². The number of fused-ring (bicyclic) bond motifs is 1. The van der Waals surface area contributed by atoms with E-state index in [-0.39, 0.29) is 24.5 Å². The van der Waals surface area contributed by atoms with Crippen molar-refractivity contribution in [3.05, 3.63) is 45.2 Å². The lowest BCUT2D eigenvalue weighted by Gasteiger charge is -2.08. The fourth-order valence-corrected chi connectivity index (χ4v) is 3.45. The highest BCUT2D eigenvalue weighted by Gasteiger charge is 2.10. The summed E-state index contributed by atoms with van der Waals surface area (Å²) in [6, 6.07) is 5.82. The maximum atomic E-state index is 12.1. The van der Waals surface area contributed by atoms with Gasteiger partial charge in [0.25, 0.3) is 5.56 Å². The SMILES string of the molecule is COCCS(=O)(=O)NCCc1cc2c(C)cc(C)cc2[nH]c1=O. The number of nitrogens with one attached hydrogen (secondary N) is 2. The van der Waals surface area contributed by atoms with Crippen LogP contribution in [0.5, 0.6) is 0 Å². The second kappa shape index (κ2) is 7.25. The molecule has 2 N–H and O–H groups in total. The number of methoxy groups -OCH3 is 1. The first-order chi connectivity index (χ1) is 10.8. The fraction of sp³-hybridized carbons (Fsp3) is 0.438. The van der Waals surface area contributed by atoms with Gasteiger partial charge in [0.05, 0.1) is 12.4 Å². The van der Waals surface area contributed by atoms with Crippen LogP contribution in [0.1, 0.15) is 16.7 Å². The van der Waals surface area contributed by atoms with Gasteiger partial charge in [-0.25, -0.2) is 13.1 Å². The van der Waals surface area contributed by atoms with E-state index in [1.54, 1.807) is 0 Å². The fourth-order valence-electron chi connectivity index (χ4n) is 2.51. The number of aromatic amines is 1. The molecular weight excluding hydrogens is 316 g/mol. The van der Waals surface area contributed by atoms with Gasteiger partial charge in [0, 0.05) is 30.1 Å². The van der Waals surface area contributed by atoms with Gasteiger partial charge >= 0.3 is 0 Å². The molecule has 0 fully saturated rings. The van der Waals surface area contributed by atoms with E-state index in [1.165, 1.54) is 7.11 Å². The summed E-state index contributed by atoms with van der Waals surface area (Å²) in [5.41, 5.74) is 3.36. The minimum absolute atomic E-state index is 0.0873. The molecular formula is C16H22N2O4S. The van der Waals surface area contributed by atoms with Gasteiger partial charge in [-0.15, -0.1) is 0 Å².